The molecular formula is C21H30O5S. The Labute approximate surface area is 162 Å². The molecule has 150 valence electrons. The van der Waals surface area contributed by atoms with Gasteiger partial charge in [0.05, 0.1) is 22.9 Å². The summed E-state index contributed by atoms with van der Waals surface area (Å²) in [6.45, 7) is 8.53. The van der Waals surface area contributed by atoms with Crippen LogP contribution in [0.2, 0.25) is 0 Å². The normalized spacial score (nSPS) is 33.5. The smallest absolute Gasteiger partial charge is 0.181 e. The third-order valence-corrected chi connectivity index (χ3v) is 7.81. The molecule has 1 aliphatic heterocycles. The fourth-order valence-electron chi connectivity index (χ4n) is 3.97. The molecule has 0 N–H and O–H groups in total. The van der Waals surface area contributed by atoms with Gasteiger partial charge in [0.2, 0.25) is 0 Å². The number of rotatable bonds is 6. The largest absolute Gasteiger partial charge is 0.368 e. The first kappa shape index (κ1) is 20.5. The van der Waals surface area contributed by atoms with Gasteiger partial charge in [-0.2, -0.15) is 0 Å². The summed E-state index contributed by atoms with van der Waals surface area (Å²) in [7, 11) is -3.45. The van der Waals surface area contributed by atoms with E-state index < -0.39 is 21.0 Å². The Morgan fingerprint density at radius 3 is 2.63 bits per heavy atom. The van der Waals surface area contributed by atoms with Gasteiger partial charge in [-0.1, -0.05) is 29.8 Å². The molecule has 3 rings (SSSR count). The van der Waals surface area contributed by atoms with E-state index in [0.29, 0.717) is 11.5 Å². The Hall–Kier alpha value is -1.21. The molecule has 27 heavy (non-hydrogen) atoms. The molecule has 0 unspecified atom stereocenters. The standard InChI is InChI=1S/C21H30O5S/c1-16(2)11-13-24-20(3)12-10-17-14-19(20)25-26-21(17,4)15-27(22,23)18-8-6-5-7-9-18/h5-9,11,17,19H,10,12-15H2,1-4H3/t17-,19-,20-,21+/m1/s1. The first-order valence-corrected chi connectivity index (χ1v) is 11.2. The van der Waals surface area contributed by atoms with Gasteiger partial charge >= 0.3 is 0 Å². The van der Waals surface area contributed by atoms with Crippen molar-refractivity contribution >= 4 is 9.84 Å². The van der Waals surface area contributed by atoms with Crippen LogP contribution in [0.25, 0.3) is 0 Å². The molecule has 1 heterocycles. The molecule has 1 saturated heterocycles. The molecule has 4 atom stereocenters. The summed E-state index contributed by atoms with van der Waals surface area (Å²) < 4.78 is 31.8. The Morgan fingerprint density at radius 2 is 1.96 bits per heavy atom. The van der Waals surface area contributed by atoms with E-state index in [4.69, 9.17) is 14.5 Å². The second-order valence-electron chi connectivity index (χ2n) is 8.43. The van der Waals surface area contributed by atoms with E-state index >= 15 is 0 Å². The maximum atomic E-state index is 12.8. The van der Waals surface area contributed by atoms with Crippen molar-refractivity contribution < 1.29 is 22.9 Å². The van der Waals surface area contributed by atoms with Crippen LogP contribution in [0, 0.1) is 5.92 Å². The molecule has 1 aromatic rings. The lowest BCUT2D eigenvalue weighted by molar-refractivity contribution is -0.443. The number of hydrogen-bond acceptors (Lipinski definition) is 5. The summed E-state index contributed by atoms with van der Waals surface area (Å²) in [5.74, 6) is 0.0337. The van der Waals surface area contributed by atoms with E-state index in [2.05, 4.69) is 13.0 Å². The summed E-state index contributed by atoms with van der Waals surface area (Å²) in [6, 6.07) is 8.53. The second-order valence-corrected chi connectivity index (χ2v) is 10.4. The van der Waals surface area contributed by atoms with Crippen LogP contribution in [0.1, 0.15) is 47.0 Å². The number of allylic oxidation sites excluding steroid dienone is 1. The van der Waals surface area contributed by atoms with E-state index in [-0.39, 0.29) is 17.8 Å². The molecule has 0 aromatic heterocycles. The van der Waals surface area contributed by atoms with Crippen molar-refractivity contribution in [2.75, 3.05) is 12.4 Å². The van der Waals surface area contributed by atoms with Crippen LogP contribution in [0.3, 0.4) is 0 Å². The van der Waals surface area contributed by atoms with Crippen LogP contribution in [-0.4, -0.2) is 38.1 Å². The lowest BCUT2D eigenvalue weighted by Gasteiger charge is -2.52. The molecule has 5 nitrogen and oxygen atoms in total. The second kappa shape index (κ2) is 7.66. The predicted molar refractivity (Wildman–Crippen MR) is 104 cm³/mol. The van der Waals surface area contributed by atoms with Crippen molar-refractivity contribution in [1.29, 1.82) is 0 Å². The van der Waals surface area contributed by atoms with Crippen molar-refractivity contribution in [3.05, 3.63) is 42.0 Å². The van der Waals surface area contributed by atoms with Gasteiger partial charge in [-0.05, 0) is 65.0 Å². The Kier molecular flexibility index (Phi) is 5.82. The van der Waals surface area contributed by atoms with Crippen molar-refractivity contribution in [3.63, 3.8) is 0 Å². The van der Waals surface area contributed by atoms with E-state index in [9.17, 15) is 8.42 Å². The summed E-state index contributed by atoms with van der Waals surface area (Å²) in [5.41, 5.74) is -0.0547. The molecule has 2 bridgehead atoms. The highest BCUT2D eigenvalue weighted by Gasteiger charge is 2.54. The fourth-order valence-corrected chi connectivity index (χ4v) is 5.75. The van der Waals surface area contributed by atoms with Gasteiger partial charge in [-0.15, -0.1) is 0 Å². The van der Waals surface area contributed by atoms with E-state index in [1.807, 2.05) is 26.8 Å². The van der Waals surface area contributed by atoms with E-state index in [1.165, 1.54) is 5.57 Å². The molecule has 6 heteroatoms. The van der Waals surface area contributed by atoms with Crippen molar-refractivity contribution in [3.8, 4) is 0 Å². The van der Waals surface area contributed by atoms with Gasteiger partial charge in [0.25, 0.3) is 0 Å². The zero-order chi connectivity index (χ0) is 19.7. The number of fused-ring (bicyclic) bond motifs is 2. The first-order chi connectivity index (χ1) is 12.6. The van der Waals surface area contributed by atoms with Crippen LogP contribution >= 0.6 is 0 Å². The van der Waals surface area contributed by atoms with Gasteiger partial charge in [0.1, 0.15) is 11.7 Å². The molecule has 2 aliphatic rings. The quantitative estimate of drug-likeness (QED) is 0.537. The van der Waals surface area contributed by atoms with Crippen LogP contribution in [0.15, 0.2) is 46.9 Å². The summed E-state index contributed by atoms with van der Waals surface area (Å²) in [5, 5.41) is 0. The zero-order valence-electron chi connectivity index (χ0n) is 16.6. The van der Waals surface area contributed by atoms with E-state index in [0.717, 1.165) is 19.3 Å². The van der Waals surface area contributed by atoms with Gasteiger partial charge in [0, 0.05) is 0 Å². The van der Waals surface area contributed by atoms with Crippen LogP contribution in [0.5, 0.6) is 0 Å². The Bertz CT molecular complexity index is 784. The molecule has 0 radical (unpaired) electrons. The monoisotopic (exact) mass is 394 g/mol. The van der Waals surface area contributed by atoms with Crippen LogP contribution < -0.4 is 0 Å². The highest BCUT2D eigenvalue weighted by molar-refractivity contribution is 7.91. The minimum Gasteiger partial charge on any atom is -0.368 e. The maximum Gasteiger partial charge on any atom is 0.181 e. The van der Waals surface area contributed by atoms with Crippen LogP contribution in [0.4, 0.5) is 0 Å². The molecule has 1 saturated carbocycles. The molecule has 1 aromatic carbocycles. The van der Waals surface area contributed by atoms with Gasteiger partial charge in [-0.3, -0.25) is 0 Å². The van der Waals surface area contributed by atoms with Crippen LogP contribution in [-0.2, 0) is 24.3 Å². The van der Waals surface area contributed by atoms with E-state index in [1.54, 1.807) is 24.3 Å². The third-order valence-electron chi connectivity index (χ3n) is 5.87. The topological polar surface area (TPSA) is 61.8 Å². The Morgan fingerprint density at radius 1 is 1.26 bits per heavy atom. The SMILES string of the molecule is CC(C)=CCO[C@]1(C)CC[C@@H]2C[C@H]1OO[C@@]2(C)CS(=O)(=O)c1ccccc1. The summed E-state index contributed by atoms with van der Waals surface area (Å²) >= 11 is 0. The summed E-state index contributed by atoms with van der Waals surface area (Å²) in [6.07, 6.45) is 4.29. The maximum absolute atomic E-state index is 12.8. The minimum atomic E-state index is -3.45. The number of sulfone groups is 1. The zero-order valence-corrected chi connectivity index (χ0v) is 17.4. The van der Waals surface area contributed by atoms with Crippen molar-refractivity contribution in [1.82, 2.24) is 0 Å². The highest BCUT2D eigenvalue weighted by atomic mass is 32.2. The van der Waals surface area contributed by atoms with Gasteiger partial charge in [0.15, 0.2) is 9.84 Å². The molecule has 0 spiro atoms. The molecule has 2 fully saturated rings. The number of hydrogen-bond donors (Lipinski definition) is 0. The average molecular weight is 395 g/mol. The Balaban J connectivity index is 1.70. The summed E-state index contributed by atoms with van der Waals surface area (Å²) in [4.78, 5) is 11.8. The average Bonchev–Trinajstić information content (AvgIpc) is 2.61. The van der Waals surface area contributed by atoms with Crippen molar-refractivity contribution in [2.45, 2.75) is 69.2 Å². The first-order valence-electron chi connectivity index (χ1n) is 9.54. The molecule has 1 aliphatic carbocycles. The lowest BCUT2D eigenvalue weighted by atomic mass is 9.71. The minimum absolute atomic E-state index is 0.0866. The predicted octanol–water partition coefficient (Wildman–Crippen LogP) is 4.09. The number of ether oxygens (including phenoxy) is 1. The number of benzene rings is 1. The molecular weight excluding hydrogens is 364 g/mol. The van der Waals surface area contributed by atoms with Gasteiger partial charge in [-0.25, -0.2) is 18.2 Å². The molecule has 0 amide bonds. The lowest BCUT2D eigenvalue weighted by Crippen LogP contribution is -2.59. The fraction of sp³-hybridized carbons (Fsp3) is 0.619. The van der Waals surface area contributed by atoms with Crippen molar-refractivity contribution in [2.24, 2.45) is 5.92 Å². The third kappa shape index (κ3) is 4.45. The van der Waals surface area contributed by atoms with Gasteiger partial charge < -0.3 is 4.74 Å². The highest BCUT2D eigenvalue weighted by Crippen LogP contribution is 2.47.